The molecular formula is C16H14F3N3O4. The molecule has 26 heavy (non-hydrogen) atoms. The van der Waals surface area contributed by atoms with Gasteiger partial charge in [0.15, 0.2) is 11.6 Å². The summed E-state index contributed by atoms with van der Waals surface area (Å²) in [6, 6.07) is 8.08. The van der Waals surface area contributed by atoms with Crippen LogP contribution in [0.15, 0.2) is 52.2 Å². The van der Waals surface area contributed by atoms with Crippen LogP contribution in [0.25, 0.3) is 0 Å². The number of nitrogens with one attached hydrogen (secondary N) is 1. The molecule has 0 fully saturated rings. The molecule has 0 aliphatic carbocycles. The van der Waals surface area contributed by atoms with Crippen LogP contribution < -0.4 is 10.2 Å². The molecule has 138 valence electrons. The molecular weight excluding hydrogens is 355 g/mol. The summed E-state index contributed by atoms with van der Waals surface area (Å²) in [6.45, 7) is 3.32. The Hall–Kier alpha value is -3.17. The summed E-state index contributed by atoms with van der Waals surface area (Å²) in [7, 11) is 0. The van der Waals surface area contributed by atoms with Gasteiger partial charge in [-0.15, -0.1) is 13.2 Å². The third kappa shape index (κ3) is 3.73. The summed E-state index contributed by atoms with van der Waals surface area (Å²) in [6.07, 6.45) is -3.42. The number of alkyl halides is 3. The average Bonchev–Trinajstić information content (AvgIpc) is 3.16. The predicted molar refractivity (Wildman–Crippen MR) is 82.8 cm³/mol. The molecule has 1 aliphatic heterocycles. The highest BCUT2D eigenvalue weighted by Gasteiger charge is 2.40. The Labute approximate surface area is 145 Å². The summed E-state index contributed by atoms with van der Waals surface area (Å²) < 4.78 is 45.6. The third-order valence-electron chi connectivity index (χ3n) is 3.41. The fourth-order valence-electron chi connectivity index (χ4n) is 2.23. The Morgan fingerprint density at radius 2 is 1.92 bits per heavy atom. The van der Waals surface area contributed by atoms with E-state index in [0.29, 0.717) is 5.56 Å². The lowest BCUT2D eigenvalue weighted by Crippen LogP contribution is -2.54. The Bertz CT molecular complexity index is 814. The van der Waals surface area contributed by atoms with Crippen LogP contribution in [0.2, 0.25) is 0 Å². The van der Waals surface area contributed by atoms with Gasteiger partial charge in [0.1, 0.15) is 5.75 Å². The van der Waals surface area contributed by atoms with Crippen LogP contribution >= 0.6 is 0 Å². The highest BCUT2D eigenvalue weighted by Crippen LogP contribution is 2.27. The Morgan fingerprint density at radius 1 is 1.23 bits per heavy atom. The van der Waals surface area contributed by atoms with Crippen molar-refractivity contribution in [1.29, 1.82) is 0 Å². The molecule has 0 atom stereocenters. The van der Waals surface area contributed by atoms with E-state index < -0.39 is 18.0 Å². The molecule has 7 nitrogen and oxygen atoms in total. The molecule has 1 N–H and O–H groups in total. The standard InChI is InChI=1S/C16H14F3N3O4/c1-15(2)22(20-14(23)12-4-3-9-24-12)13(21-26-15)10-5-7-11(8-6-10)25-16(17,18)19/h3-9H,1-2H3,(H,20,23). The third-order valence-corrected chi connectivity index (χ3v) is 3.41. The first kappa shape index (κ1) is 17.6. The van der Waals surface area contributed by atoms with Gasteiger partial charge in [-0.25, -0.2) is 5.01 Å². The number of amidine groups is 1. The fourth-order valence-corrected chi connectivity index (χ4v) is 2.23. The number of oxime groups is 1. The lowest BCUT2D eigenvalue weighted by Gasteiger charge is -2.30. The number of carbonyl (C=O) groups is 1. The Balaban J connectivity index is 1.80. The minimum atomic E-state index is -4.78. The second-order valence-corrected chi connectivity index (χ2v) is 5.78. The normalized spacial score (nSPS) is 16.0. The lowest BCUT2D eigenvalue weighted by molar-refractivity contribution is -0.274. The number of benzene rings is 1. The Kier molecular flexibility index (Phi) is 4.26. The summed E-state index contributed by atoms with van der Waals surface area (Å²) in [5.41, 5.74) is 2.01. The van der Waals surface area contributed by atoms with Crippen molar-refractivity contribution in [1.82, 2.24) is 10.4 Å². The van der Waals surface area contributed by atoms with Crippen molar-refractivity contribution in [2.24, 2.45) is 5.16 Å². The van der Waals surface area contributed by atoms with E-state index in [4.69, 9.17) is 9.25 Å². The second-order valence-electron chi connectivity index (χ2n) is 5.78. The monoisotopic (exact) mass is 369 g/mol. The van der Waals surface area contributed by atoms with Gasteiger partial charge in [-0.2, -0.15) is 0 Å². The van der Waals surface area contributed by atoms with E-state index in [2.05, 4.69) is 15.3 Å². The lowest BCUT2D eigenvalue weighted by atomic mass is 10.1. The summed E-state index contributed by atoms with van der Waals surface area (Å²) >= 11 is 0. The van der Waals surface area contributed by atoms with Gasteiger partial charge >= 0.3 is 12.3 Å². The van der Waals surface area contributed by atoms with Gasteiger partial charge in [0.2, 0.25) is 5.72 Å². The van der Waals surface area contributed by atoms with Crippen molar-refractivity contribution >= 4 is 11.7 Å². The van der Waals surface area contributed by atoms with E-state index in [-0.39, 0.29) is 17.3 Å². The van der Waals surface area contributed by atoms with E-state index >= 15 is 0 Å². The molecule has 0 bridgehead atoms. The number of hydrazine groups is 1. The molecule has 0 unspecified atom stereocenters. The van der Waals surface area contributed by atoms with Crippen molar-refractivity contribution in [3.63, 3.8) is 0 Å². The summed E-state index contributed by atoms with van der Waals surface area (Å²) in [5.74, 6) is -0.598. The zero-order valence-corrected chi connectivity index (χ0v) is 13.7. The van der Waals surface area contributed by atoms with Gasteiger partial charge < -0.3 is 14.0 Å². The second kappa shape index (κ2) is 6.28. The van der Waals surface area contributed by atoms with Gasteiger partial charge in [0.05, 0.1) is 6.26 Å². The van der Waals surface area contributed by atoms with Gasteiger partial charge in [0, 0.05) is 5.56 Å². The number of hydrogen-bond acceptors (Lipinski definition) is 6. The van der Waals surface area contributed by atoms with Gasteiger partial charge in [-0.3, -0.25) is 10.2 Å². The quantitative estimate of drug-likeness (QED) is 0.895. The molecule has 1 amide bonds. The molecule has 3 rings (SSSR count). The average molecular weight is 369 g/mol. The molecule has 10 heteroatoms. The molecule has 1 aliphatic rings. The first-order valence-electron chi connectivity index (χ1n) is 7.43. The molecule has 2 heterocycles. The number of halogens is 3. The predicted octanol–water partition coefficient (Wildman–Crippen LogP) is 3.25. The first-order valence-corrected chi connectivity index (χ1v) is 7.43. The maximum Gasteiger partial charge on any atom is 0.573 e. The maximum absolute atomic E-state index is 12.3. The van der Waals surface area contributed by atoms with E-state index in [9.17, 15) is 18.0 Å². The van der Waals surface area contributed by atoms with E-state index in [1.165, 1.54) is 29.5 Å². The SMILES string of the molecule is CC1(C)ON=C(c2ccc(OC(F)(F)F)cc2)N1NC(=O)c1ccco1. The number of hydrogen-bond donors (Lipinski definition) is 1. The van der Waals surface area contributed by atoms with E-state index in [0.717, 1.165) is 12.1 Å². The van der Waals surface area contributed by atoms with E-state index in [1.807, 2.05) is 0 Å². The van der Waals surface area contributed by atoms with Crippen LogP contribution in [-0.4, -0.2) is 28.8 Å². The van der Waals surface area contributed by atoms with Crippen LogP contribution in [0.5, 0.6) is 5.75 Å². The highest BCUT2D eigenvalue weighted by molar-refractivity contribution is 6.01. The number of amides is 1. The van der Waals surface area contributed by atoms with Crippen LogP contribution in [-0.2, 0) is 4.84 Å². The fraction of sp³-hybridized carbons (Fsp3) is 0.250. The minimum absolute atomic E-state index is 0.0842. The summed E-state index contributed by atoms with van der Waals surface area (Å²) in [4.78, 5) is 17.5. The molecule has 0 radical (unpaired) electrons. The van der Waals surface area contributed by atoms with Crippen LogP contribution in [0.4, 0.5) is 13.2 Å². The highest BCUT2D eigenvalue weighted by atomic mass is 19.4. The maximum atomic E-state index is 12.3. The largest absolute Gasteiger partial charge is 0.573 e. The van der Waals surface area contributed by atoms with Gasteiger partial charge in [-0.1, -0.05) is 5.16 Å². The molecule has 0 saturated heterocycles. The van der Waals surface area contributed by atoms with Crippen molar-refractivity contribution in [2.75, 3.05) is 0 Å². The number of rotatable bonds is 4. The first-order chi connectivity index (χ1) is 12.2. The zero-order chi connectivity index (χ0) is 18.9. The van der Waals surface area contributed by atoms with Crippen LogP contribution in [0, 0.1) is 0 Å². The molecule has 1 aromatic heterocycles. The topological polar surface area (TPSA) is 76.3 Å². The number of carbonyl (C=O) groups excluding carboxylic acids is 1. The van der Waals surface area contributed by atoms with Crippen molar-refractivity contribution in [3.8, 4) is 5.75 Å². The zero-order valence-electron chi connectivity index (χ0n) is 13.7. The number of nitrogens with zero attached hydrogens (tertiary/aromatic N) is 2. The van der Waals surface area contributed by atoms with Crippen molar-refractivity contribution < 1.29 is 32.0 Å². The van der Waals surface area contributed by atoms with E-state index in [1.54, 1.807) is 19.9 Å². The van der Waals surface area contributed by atoms with Gasteiger partial charge in [-0.05, 0) is 50.2 Å². The Morgan fingerprint density at radius 3 is 2.50 bits per heavy atom. The number of ether oxygens (including phenoxy) is 1. The minimum Gasteiger partial charge on any atom is -0.459 e. The van der Waals surface area contributed by atoms with Crippen molar-refractivity contribution in [2.45, 2.75) is 25.9 Å². The summed E-state index contributed by atoms with van der Waals surface area (Å²) in [5, 5.41) is 5.27. The molecule has 0 spiro atoms. The van der Waals surface area contributed by atoms with Crippen molar-refractivity contribution in [3.05, 3.63) is 54.0 Å². The molecule has 1 aromatic carbocycles. The van der Waals surface area contributed by atoms with Crippen LogP contribution in [0.3, 0.4) is 0 Å². The molecule has 0 saturated carbocycles. The smallest absolute Gasteiger partial charge is 0.459 e. The van der Waals surface area contributed by atoms with Gasteiger partial charge in [0.25, 0.3) is 0 Å². The number of furan rings is 1. The van der Waals surface area contributed by atoms with Crippen LogP contribution in [0.1, 0.15) is 30.0 Å². The molecule has 2 aromatic rings.